The molecule has 1 N–H and O–H groups in total. The fraction of sp³-hybridized carbons (Fsp3) is 0.471. The maximum atomic E-state index is 13.8. The monoisotopic (exact) mass is 619 g/mol. The molecule has 6 rings (SSSR count). The molecule has 41 heavy (non-hydrogen) atoms. The number of amides is 2. The van der Waals surface area contributed by atoms with Crippen LogP contribution in [0.15, 0.2) is 64.1 Å². The highest BCUT2D eigenvalue weighted by molar-refractivity contribution is 9.10. The van der Waals surface area contributed by atoms with Gasteiger partial charge in [0, 0.05) is 29.1 Å². The molecule has 6 nitrogen and oxygen atoms in total. The zero-order valence-corrected chi connectivity index (χ0v) is 25.1. The van der Waals surface area contributed by atoms with Gasteiger partial charge in [0.2, 0.25) is 11.8 Å². The molecule has 2 saturated heterocycles. The van der Waals surface area contributed by atoms with Gasteiger partial charge in [0.25, 0.3) is 0 Å². The highest BCUT2D eigenvalue weighted by Gasteiger charge is 2.58. The Morgan fingerprint density at radius 1 is 1.07 bits per heavy atom. The topological polar surface area (TPSA) is 76.1 Å². The van der Waals surface area contributed by atoms with Gasteiger partial charge in [0.05, 0.1) is 31.2 Å². The van der Waals surface area contributed by atoms with Crippen LogP contribution in [-0.2, 0) is 19.1 Å². The fourth-order valence-electron chi connectivity index (χ4n) is 7.57. The second-order valence-corrected chi connectivity index (χ2v) is 12.8. The van der Waals surface area contributed by atoms with Crippen LogP contribution in [0, 0.1) is 17.8 Å². The molecule has 0 unspecified atom stereocenters. The Morgan fingerprint density at radius 3 is 2.61 bits per heavy atom. The van der Waals surface area contributed by atoms with E-state index in [1.807, 2.05) is 36.4 Å². The largest absolute Gasteiger partial charge is 0.507 e. The van der Waals surface area contributed by atoms with Gasteiger partial charge in [-0.05, 0) is 78.7 Å². The number of phenolic OH excluding ortho intramolecular Hbond substituents is 1. The summed E-state index contributed by atoms with van der Waals surface area (Å²) in [6, 6.07) is 15.7. The highest BCUT2D eigenvalue weighted by Crippen LogP contribution is 2.51. The molecule has 0 aromatic heterocycles. The van der Waals surface area contributed by atoms with Crippen molar-refractivity contribution in [1.82, 2.24) is 4.90 Å². The molecule has 2 aliphatic heterocycles. The zero-order chi connectivity index (χ0) is 28.5. The Bertz CT molecular complexity index is 1360. The Labute approximate surface area is 250 Å². The molecule has 4 atom stereocenters. The van der Waals surface area contributed by atoms with Crippen LogP contribution in [0.4, 0.5) is 0 Å². The van der Waals surface area contributed by atoms with Crippen molar-refractivity contribution in [2.24, 2.45) is 17.8 Å². The predicted molar refractivity (Wildman–Crippen MR) is 162 cm³/mol. The van der Waals surface area contributed by atoms with E-state index in [2.05, 4.69) is 28.1 Å². The molecule has 3 fully saturated rings. The zero-order valence-electron chi connectivity index (χ0n) is 23.6. The standard InChI is InChI=1S/C34H38BrNO5/c1-40-19-24-18-27-32(34(39)36(33(27)38)26-10-6-3-7-11-26)28-20-41-30(31(24)28)15-12-22(21-8-4-2-5-9-21)16-23-17-25(35)13-14-29(23)37/h2,4-5,8-9,13-14,16-17,26-28,30,32,37H,3,6-7,10-12,15,18-20H2,1H3/b22-16-/t27-,28+,30-,32-/m1/s1. The minimum atomic E-state index is -0.326. The van der Waals surface area contributed by atoms with E-state index < -0.39 is 0 Å². The van der Waals surface area contributed by atoms with Crippen molar-refractivity contribution in [3.8, 4) is 5.75 Å². The summed E-state index contributed by atoms with van der Waals surface area (Å²) in [5.41, 5.74) is 5.25. The minimum Gasteiger partial charge on any atom is -0.507 e. The number of rotatable bonds is 8. The van der Waals surface area contributed by atoms with E-state index >= 15 is 0 Å². The van der Waals surface area contributed by atoms with Crippen LogP contribution in [0.2, 0.25) is 0 Å². The van der Waals surface area contributed by atoms with Gasteiger partial charge in [-0.3, -0.25) is 14.5 Å². The molecule has 2 heterocycles. The number of benzene rings is 2. The predicted octanol–water partition coefficient (Wildman–Crippen LogP) is 6.77. The maximum Gasteiger partial charge on any atom is 0.234 e. The molecule has 4 aliphatic rings. The Morgan fingerprint density at radius 2 is 1.85 bits per heavy atom. The van der Waals surface area contributed by atoms with Crippen molar-refractivity contribution in [1.29, 1.82) is 0 Å². The van der Waals surface area contributed by atoms with Crippen molar-refractivity contribution < 1.29 is 24.2 Å². The van der Waals surface area contributed by atoms with E-state index in [0.717, 1.165) is 65.3 Å². The van der Waals surface area contributed by atoms with E-state index in [0.29, 0.717) is 19.6 Å². The van der Waals surface area contributed by atoms with Crippen molar-refractivity contribution in [2.45, 2.75) is 63.5 Å². The third kappa shape index (κ3) is 5.56. The van der Waals surface area contributed by atoms with Crippen LogP contribution in [0.3, 0.4) is 0 Å². The first-order chi connectivity index (χ1) is 20.0. The molecular formula is C34H38BrNO5. The average molecular weight is 621 g/mol. The van der Waals surface area contributed by atoms with Crippen LogP contribution in [-0.4, -0.2) is 54.3 Å². The molecule has 2 aromatic carbocycles. The summed E-state index contributed by atoms with van der Waals surface area (Å²) < 4.78 is 13.0. The number of ether oxygens (including phenoxy) is 2. The van der Waals surface area contributed by atoms with E-state index in [-0.39, 0.29) is 47.5 Å². The molecule has 2 aliphatic carbocycles. The van der Waals surface area contributed by atoms with Gasteiger partial charge in [-0.15, -0.1) is 0 Å². The first-order valence-electron chi connectivity index (χ1n) is 14.9. The quantitative estimate of drug-likeness (QED) is 0.200. The van der Waals surface area contributed by atoms with Gasteiger partial charge in [-0.1, -0.05) is 65.5 Å². The molecule has 0 spiro atoms. The fourth-order valence-corrected chi connectivity index (χ4v) is 7.95. The van der Waals surface area contributed by atoms with Gasteiger partial charge in [0.1, 0.15) is 5.75 Å². The SMILES string of the molecule is COCC1=C2[C@@H](CC/C(=C/c3cc(Br)ccc3O)c3ccccc3)OC[C@@H]2[C@@H]2C(=O)N(C3CCCCC3)C(=O)[C@@H]2C1. The molecule has 216 valence electrons. The Kier molecular flexibility index (Phi) is 8.47. The van der Waals surface area contributed by atoms with Gasteiger partial charge in [0.15, 0.2) is 0 Å². The molecule has 1 saturated carbocycles. The number of hydrogen-bond acceptors (Lipinski definition) is 5. The lowest BCUT2D eigenvalue weighted by atomic mass is 9.69. The smallest absolute Gasteiger partial charge is 0.234 e. The molecule has 0 radical (unpaired) electrons. The van der Waals surface area contributed by atoms with Crippen LogP contribution in [0.5, 0.6) is 5.75 Å². The van der Waals surface area contributed by atoms with Crippen molar-refractivity contribution in [2.75, 3.05) is 20.3 Å². The van der Waals surface area contributed by atoms with Gasteiger partial charge < -0.3 is 14.6 Å². The normalized spacial score (nSPS) is 27.0. The number of halogens is 1. The average Bonchev–Trinajstić information content (AvgIpc) is 3.52. The molecular weight excluding hydrogens is 582 g/mol. The number of fused-ring (bicyclic) bond motifs is 3. The first kappa shape index (κ1) is 28.4. The third-order valence-corrected chi connectivity index (χ3v) is 9.93. The minimum absolute atomic E-state index is 0.0186. The van der Waals surface area contributed by atoms with Crippen LogP contribution < -0.4 is 0 Å². The lowest BCUT2D eigenvalue weighted by Crippen LogP contribution is -2.42. The number of phenols is 1. The van der Waals surface area contributed by atoms with Crippen LogP contribution in [0.1, 0.15) is 62.5 Å². The number of allylic oxidation sites excluding steroid dienone is 1. The number of methoxy groups -OCH3 is 1. The summed E-state index contributed by atoms with van der Waals surface area (Å²) in [5, 5.41) is 10.5. The van der Waals surface area contributed by atoms with Crippen molar-refractivity contribution >= 4 is 39.4 Å². The molecule has 0 bridgehead atoms. The summed E-state index contributed by atoms with van der Waals surface area (Å²) in [6.45, 7) is 0.913. The summed E-state index contributed by atoms with van der Waals surface area (Å²) in [6.07, 6.45) is 9.14. The lowest BCUT2D eigenvalue weighted by molar-refractivity contribution is -0.143. The summed E-state index contributed by atoms with van der Waals surface area (Å²) in [4.78, 5) is 29.1. The third-order valence-electron chi connectivity index (χ3n) is 9.44. The summed E-state index contributed by atoms with van der Waals surface area (Å²) in [7, 11) is 1.69. The summed E-state index contributed by atoms with van der Waals surface area (Å²) >= 11 is 3.52. The second kappa shape index (κ2) is 12.2. The van der Waals surface area contributed by atoms with Crippen LogP contribution >= 0.6 is 15.9 Å². The number of aromatic hydroxyl groups is 1. The molecule has 2 amide bonds. The first-order valence-corrected chi connectivity index (χ1v) is 15.7. The highest BCUT2D eigenvalue weighted by atomic mass is 79.9. The van der Waals surface area contributed by atoms with E-state index in [9.17, 15) is 14.7 Å². The second-order valence-electron chi connectivity index (χ2n) is 11.9. The maximum absolute atomic E-state index is 13.8. The number of carbonyl (C=O) groups excluding carboxylic acids is 2. The van der Waals surface area contributed by atoms with E-state index in [4.69, 9.17) is 9.47 Å². The number of likely N-dealkylation sites (tertiary alicyclic amines) is 1. The number of carbonyl (C=O) groups is 2. The number of nitrogens with zero attached hydrogens (tertiary/aromatic N) is 1. The Balaban J connectivity index is 1.27. The Hall–Kier alpha value is -2.74. The van der Waals surface area contributed by atoms with Crippen molar-refractivity contribution in [3.63, 3.8) is 0 Å². The van der Waals surface area contributed by atoms with E-state index in [1.54, 1.807) is 18.1 Å². The van der Waals surface area contributed by atoms with Gasteiger partial charge in [-0.2, -0.15) is 0 Å². The number of hydrogen-bond donors (Lipinski definition) is 1. The van der Waals surface area contributed by atoms with Gasteiger partial charge in [-0.25, -0.2) is 0 Å². The van der Waals surface area contributed by atoms with Crippen LogP contribution in [0.25, 0.3) is 11.6 Å². The summed E-state index contributed by atoms with van der Waals surface area (Å²) in [5.74, 6) is -0.435. The molecule has 7 heteroatoms. The number of imide groups is 1. The van der Waals surface area contributed by atoms with Crippen molar-refractivity contribution in [3.05, 3.63) is 75.3 Å². The van der Waals surface area contributed by atoms with E-state index in [1.165, 1.54) is 12.0 Å². The lowest BCUT2D eigenvalue weighted by Gasteiger charge is -2.31. The molecule has 2 aromatic rings. The van der Waals surface area contributed by atoms with Gasteiger partial charge >= 0.3 is 0 Å².